The predicted octanol–water partition coefficient (Wildman–Crippen LogP) is 3.35. The second-order valence-corrected chi connectivity index (χ2v) is 5.69. The van der Waals surface area contributed by atoms with E-state index in [1.54, 1.807) is 0 Å². The van der Waals surface area contributed by atoms with Gasteiger partial charge in [-0.3, -0.25) is 0 Å². The van der Waals surface area contributed by atoms with Crippen LogP contribution < -0.4 is 0 Å². The van der Waals surface area contributed by atoms with Gasteiger partial charge in [-0.25, -0.2) is 0 Å². The molecule has 0 unspecified atom stereocenters. The van der Waals surface area contributed by atoms with E-state index in [0.29, 0.717) is 0 Å². The molecular weight excluding hydrogens is 246 g/mol. The van der Waals surface area contributed by atoms with Crippen LogP contribution in [0, 0.1) is 5.92 Å². The molecule has 0 atom stereocenters. The van der Waals surface area contributed by atoms with Crippen LogP contribution in [0.4, 0.5) is 0 Å². The third-order valence-electron chi connectivity index (χ3n) is 2.37. The highest BCUT2D eigenvalue weighted by atomic mass is 79.9. The van der Waals surface area contributed by atoms with Gasteiger partial charge in [0, 0.05) is 22.4 Å². The Morgan fingerprint density at radius 1 is 1.62 bits per heavy atom. The summed E-state index contributed by atoms with van der Waals surface area (Å²) in [4.78, 5) is 3.87. The maximum atomic E-state index is 3.56. The standard InChI is InChI=1S/C10H14BrNS/c1-12(6-8-2-3-8)7-10-9(11)4-5-13-10/h4-5,8H,2-3,6-7H2,1H3. The normalized spacial score (nSPS) is 16.8. The highest BCUT2D eigenvalue weighted by Gasteiger charge is 2.22. The predicted molar refractivity (Wildman–Crippen MR) is 61.1 cm³/mol. The van der Waals surface area contributed by atoms with Crippen LogP contribution in [0.2, 0.25) is 0 Å². The molecule has 0 amide bonds. The van der Waals surface area contributed by atoms with Gasteiger partial charge in [-0.15, -0.1) is 11.3 Å². The van der Waals surface area contributed by atoms with Crippen molar-refractivity contribution >= 4 is 27.3 Å². The summed E-state index contributed by atoms with van der Waals surface area (Å²) in [6, 6.07) is 2.13. The zero-order valence-corrected chi connectivity index (χ0v) is 10.2. The largest absolute Gasteiger partial charge is 0.301 e. The van der Waals surface area contributed by atoms with Gasteiger partial charge in [0.25, 0.3) is 0 Å². The van der Waals surface area contributed by atoms with Gasteiger partial charge in [0.05, 0.1) is 0 Å². The van der Waals surface area contributed by atoms with E-state index in [1.807, 2.05) is 11.3 Å². The number of hydrogen-bond donors (Lipinski definition) is 0. The third-order valence-corrected chi connectivity index (χ3v) is 4.28. The number of rotatable bonds is 4. The Bertz CT molecular complexity index is 280. The summed E-state index contributed by atoms with van der Waals surface area (Å²) < 4.78 is 1.26. The minimum atomic E-state index is 0.990. The highest BCUT2D eigenvalue weighted by molar-refractivity contribution is 9.10. The van der Waals surface area contributed by atoms with E-state index in [2.05, 4.69) is 39.3 Å². The van der Waals surface area contributed by atoms with Crippen molar-refractivity contribution in [1.82, 2.24) is 4.90 Å². The summed E-state index contributed by atoms with van der Waals surface area (Å²) >= 11 is 5.40. The molecule has 1 aliphatic rings. The SMILES string of the molecule is CN(Cc1sccc1Br)CC1CC1. The van der Waals surface area contributed by atoms with Crippen molar-refractivity contribution in [3.8, 4) is 0 Å². The lowest BCUT2D eigenvalue weighted by molar-refractivity contribution is 0.315. The first-order valence-electron chi connectivity index (χ1n) is 4.66. The van der Waals surface area contributed by atoms with Gasteiger partial charge in [-0.2, -0.15) is 0 Å². The third kappa shape index (κ3) is 2.79. The molecule has 1 aromatic heterocycles. The smallest absolute Gasteiger partial charge is 0.0336 e. The Kier molecular flexibility index (Phi) is 3.06. The summed E-state index contributed by atoms with van der Waals surface area (Å²) in [5.41, 5.74) is 0. The molecule has 0 spiro atoms. The molecule has 1 heterocycles. The lowest BCUT2D eigenvalue weighted by atomic mass is 10.3. The van der Waals surface area contributed by atoms with E-state index in [0.717, 1.165) is 12.5 Å². The fourth-order valence-corrected chi connectivity index (χ4v) is 3.05. The highest BCUT2D eigenvalue weighted by Crippen LogP contribution is 2.30. The first-order valence-corrected chi connectivity index (χ1v) is 6.33. The number of thiophene rings is 1. The van der Waals surface area contributed by atoms with Crippen LogP contribution in [0.25, 0.3) is 0 Å². The lowest BCUT2D eigenvalue weighted by Crippen LogP contribution is -2.19. The second kappa shape index (κ2) is 4.11. The molecule has 13 heavy (non-hydrogen) atoms. The molecule has 0 saturated heterocycles. The monoisotopic (exact) mass is 259 g/mol. The van der Waals surface area contributed by atoms with Crippen LogP contribution in [-0.2, 0) is 6.54 Å². The molecular formula is C10H14BrNS. The molecule has 72 valence electrons. The topological polar surface area (TPSA) is 3.24 Å². The minimum absolute atomic E-state index is 0.990. The minimum Gasteiger partial charge on any atom is -0.301 e. The van der Waals surface area contributed by atoms with Gasteiger partial charge >= 0.3 is 0 Å². The molecule has 1 fully saturated rings. The summed E-state index contributed by atoms with van der Waals surface area (Å²) in [7, 11) is 2.21. The maximum Gasteiger partial charge on any atom is 0.0336 e. The van der Waals surface area contributed by atoms with E-state index in [9.17, 15) is 0 Å². The van der Waals surface area contributed by atoms with Crippen molar-refractivity contribution in [2.24, 2.45) is 5.92 Å². The zero-order chi connectivity index (χ0) is 9.26. The average Bonchev–Trinajstić information content (AvgIpc) is 2.79. The van der Waals surface area contributed by atoms with Gasteiger partial charge in [-0.1, -0.05) is 0 Å². The Balaban J connectivity index is 1.85. The van der Waals surface area contributed by atoms with Crippen LogP contribution in [0.3, 0.4) is 0 Å². The molecule has 2 rings (SSSR count). The summed E-state index contributed by atoms with van der Waals surface area (Å²) in [5, 5.41) is 2.14. The lowest BCUT2D eigenvalue weighted by Gasteiger charge is -2.15. The van der Waals surface area contributed by atoms with Crippen LogP contribution in [0.15, 0.2) is 15.9 Å². The van der Waals surface area contributed by atoms with Crippen molar-refractivity contribution in [3.63, 3.8) is 0 Å². The number of hydrogen-bond acceptors (Lipinski definition) is 2. The maximum absolute atomic E-state index is 3.56. The first kappa shape index (κ1) is 9.69. The Hall–Kier alpha value is 0.140. The molecule has 1 aromatic rings. The molecule has 0 aliphatic heterocycles. The van der Waals surface area contributed by atoms with Gasteiger partial charge in [0.1, 0.15) is 0 Å². The second-order valence-electron chi connectivity index (χ2n) is 3.83. The molecule has 3 heteroatoms. The van der Waals surface area contributed by atoms with E-state index in [4.69, 9.17) is 0 Å². The van der Waals surface area contributed by atoms with Gasteiger partial charge in [-0.05, 0) is 53.2 Å². The average molecular weight is 260 g/mol. The van der Waals surface area contributed by atoms with Crippen LogP contribution in [0.1, 0.15) is 17.7 Å². The van der Waals surface area contributed by atoms with Crippen molar-refractivity contribution in [2.75, 3.05) is 13.6 Å². The van der Waals surface area contributed by atoms with E-state index in [-0.39, 0.29) is 0 Å². The summed E-state index contributed by atoms with van der Waals surface area (Å²) in [5.74, 6) is 0.990. The quantitative estimate of drug-likeness (QED) is 0.802. The van der Waals surface area contributed by atoms with E-state index >= 15 is 0 Å². The van der Waals surface area contributed by atoms with Gasteiger partial charge in [0.2, 0.25) is 0 Å². The summed E-state index contributed by atoms with van der Waals surface area (Å²) in [6.07, 6.45) is 2.88. The number of halogens is 1. The Labute approximate surface area is 91.9 Å². The van der Waals surface area contributed by atoms with Crippen LogP contribution in [-0.4, -0.2) is 18.5 Å². The fourth-order valence-electron chi connectivity index (χ4n) is 1.49. The fraction of sp³-hybridized carbons (Fsp3) is 0.600. The molecule has 1 aliphatic carbocycles. The van der Waals surface area contributed by atoms with Crippen LogP contribution >= 0.6 is 27.3 Å². The molecule has 0 aromatic carbocycles. The van der Waals surface area contributed by atoms with Crippen LogP contribution in [0.5, 0.6) is 0 Å². The molecule has 1 saturated carbocycles. The van der Waals surface area contributed by atoms with Crippen molar-refractivity contribution < 1.29 is 0 Å². The molecule has 0 bridgehead atoms. The van der Waals surface area contributed by atoms with Gasteiger partial charge in [0.15, 0.2) is 0 Å². The Morgan fingerprint density at radius 3 is 2.92 bits per heavy atom. The molecule has 1 nitrogen and oxygen atoms in total. The summed E-state index contributed by atoms with van der Waals surface area (Å²) in [6.45, 7) is 2.36. The van der Waals surface area contributed by atoms with Crippen molar-refractivity contribution in [2.45, 2.75) is 19.4 Å². The van der Waals surface area contributed by atoms with E-state index < -0.39 is 0 Å². The zero-order valence-electron chi connectivity index (χ0n) is 7.79. The number of nitrogens with zero attached hydrogens (tertiary/aromatic N) is 1. The Morgan fingerprint density at radius 2 is 2.38 bits per heavy atom. The van der Waals surface area contributed by atoms with Crippen molar-refractivity contribution in [1.29, 1.82) is 0 Å². The van der Waals surface area contributed by atoms with E-state index in [1.165, 1.54) is 28.7 Å². The molecule has 0 radical (unpaired) electrons. The molecule has 0 N–H and O–H groups in total. The van der Waals surface area contributed by atoms with Crippen molar-refractivity contribution in [3.05, 3.63) is 20.8 Å². The van der Waals surface area contributed by atoms with Gasteiger partial charge < -0.3 is 4.90 Å². The first-order chi connectivity index (χ1) is 6.25.